The number of hydrogen-bond acceptors (Lipinski definition) is 3. The van der Waals surface area contributed by atoms with E-state index in [9.17, 15) is 9.59 Å². The zero-order valence-corrected chi connectivity index (χ0v) is 11.4. The van der Waals surface area contributed by atoms with Crippen LogP contribution in [0.25, 0.3) is 0 Å². The van der Waals surface area contributed by atoms with Crippen molar-refractivity contribution in [2.24, 2.45) is 17.3 Å². The molecule has 1 rings (SSSR count). The number of likely N-dealkylation sites (tertiary alicyclic amines) is 1. The van der Waals surface area contributed by atoms with Gasteiger partial charge in [0.25, 0.3) is 0 Å². The largest absolute Gasteiger partial charge is 0.466 e. The topological polar surface area (TPSA) is 46.6 Å². The lowest BCUT2D eigenvalue weighted by Crippen LogP contribution is -2.38. The summed E-state index contributed by atoms with van der Waals surface area (Å²) in [5.74, 6) is -0.0537. The van der Waals surface area contributed by atoms with Gasteiger partial charge in [0.1, 0.15) is 0 Å². The Morgan fingerprint density at radius 1 is 1.29 bits per heavy atom. The average Bonchev–Trinajstić information content (AvgIpc) is 2.58. The average molecular weight is 241 g/mol. The van der Waals surface area contributed by atoms with Gasteiger partial charge in [0.15, 0.2) is 0 Å². The summed E-state index contributed by atoms with van der Waals surface area (Å²) in [5, 5.41) is 0. The molecule has 1 aliphatic heterocycles. The summed E-state index contributed by atoms with van der Waals surface area (Å²) in [7, 11) is 0. The summed E-state index contributed by atoms with van der Waals surface area (Å²) in [4.78, 5) is 25.6. The first-order valence-corrected chi connectivity index (χ1v) is 6.23. The predicted molar refractivity (Wildman–Crippen MR) is 65.3 cm³/mol. The van der Waals surface area contributed by atoms with E-state index < -0.39 is 0 Å². The molecule has 0 bridgehead atoms. The Morgan fingerprint density at radius 3 is 2.35 bits per heavy atom. The van der Waals surface area contributed by atoms with Crippen LogP contribution in [-0.4, -0.2) is 36.5 Å². The molecule has 0 aromatic rings. The van der Waals surface area contributed by atoms with Crippen molar-refractivity contribution in [3.05, 3.63) is 0 Å². The Morgan fingerprint density at radius 2 is 1.88 bits per heavy atom. The van der Waals surface area contributed by atoms with Gasteiger partial charge in [-0.15, -0.1) is 0 Å². The molecule has 0 aromatic heterocycles. The van der Waals surface area contributed by atoms with E-state index in [0.29, 0.717) is 19.7 Å². The molecule has 1 aliphatic rings. The normalized spacial score (nSPS) is 24.9. The summed E-state index contributed by atoms with van der Waals surface area (Å²) >= 11 is 0. The van der Waals surface area contributed by atoms with E-state index in [-0.39, 0.29) is 29.1 Å². The molecule has 1 amide bonds. The third-order valence-electron chi connectivity index (χ3n) is 3.13. The highest BCUT2D eigenvalue weighted by atomic mass is 16.5. The summed E-state index contributed by atoms with van der Waals surface area (Å²) in [6, 6.07) is 0. The molecule has 17 heavy (non-hydrogen) atoms. The maximum absolute atomic E-state index is 12.1. The second-order valence-corrected chi connectivity index (χ2v) is 5.80. The minimum atomic E-state index is -0.386. The summed E-state index contributed by atoms with van der Waals surface area (Å²) in [6.07, 6.45) is 0. The number of esters is 1. The number of carbonyl (C=O) groups is 2. The van der Waals surface area contributed by atoms with Gasteiger partial charge >= 0.3 is 5.97 Å². The molecule has 0 aliphatic carbocycles. The molecule has 4 heteroatoms. The number of ether oxygens (including phenoxy) is 1. The van der Waals surface area contributed by atoms with E-state index in [2.05, 4.69) is 0 Å². The lowest BCUT2D eigenvalue weighted by Gasteiger charge is -2.25. The van der Waals surface area contributed by atoms with E-state index in [0.717, 1.165) is 0 Å². The van der Waals surface area contributed by atoms with Gasteiger partial charge in [0, 0.05) is 18.5 Å². The lowest BCUT2D eigenvalue weighted by molar-refractivity contribution is -0.148. The molecular weight excluding hydrogens is 218 g/mol. The fourth-order valence-corrected chi connectivity index (χ4v) is 2.16. The van der Waals surface area contributed by atoms with E-state index in [4.69, 9.17) is 4.74 Å². The molecule has 0 N–H and O–H groups in total. The number of amides is 1. The standard InChI is InChI=1S/C13H23NO3/c1-6-17-11(15)10-8-14(7-9(10)2)12(16)13(3,4)5/h9-10H,6-8H2,1-5H3. The van der Waals surface area contributed by atoms with Gasteiger partial charge in [-0.25, -0.2) is 0 Å². The van der Waals surface area contributed by atoms with Gasteiger partial charge in [0.05, 0.1) is 12.5 Å². The molecule has 1 fully saturated rings. The van der Waals surface area contributed by atoms with Gasteiger partial charge in [0.2, 0.25) is 5.91 Å². The maximum Gasteiger partial charge on any atom is 0.311 e. The Labute approximate surface area is 103 Å². The third-order valence-corrected chi connectivity index (χ3v) is 3.13. The van der Waals surface area contributed by atoms with Crippen molar-refractivity contribution in [2.75, 3.05) is 19.7 Å². The van der Waals surface area contributed by atoms with Crippen LogP contribution in [0.2, 0.25) is 0 Å². The first kappa shape index (κ1) is 14.0. The van der Waals surface area contributed by atoms with Crippen LogP contribution in [0.4, 0.5) is 0 Å². The van der Waals surface area contributed by atoms with E-state index >= 15 is 0 Å². The summed E-state index contributed by atoms with van der Waals surface area (Å²) in [5.41, 5.74) is -0.386. The van der Waals surface area contributed by atoms with Crippen LogP contribution >= 0.6 is 0 Å². The van der Waals surface area contributed by atoms with Crippen LogP contribution in [0.1, 0.15) is 34.6 Å². The van der Waals surface area contributed by atoms with Gasteiger partial charge < -0.3 is 9.64 Å². The van der Waals surface area contributed by atoms with E-state index in [1.165, 1.54) is 0 Å². The van der Waals surface area contributed by atoms with Crippen LogP contribution in [0.3, 0.4) is 0 Å². The molecule has 0 spiro atoms. The van der Waals surface area contributed by atoms with Crippen LogP contribution in [0.5, 0.6) is 0 Å². The highest BCUT2D eigenvalue weighted by molar-refractivity contribution is 5.83. The second-order valence-electron chi connectivity index (χ2n) is 5.80. The van der Waals surface area contributed by atoms with Crippen LogP contribution < -0.4 is 0 Å². The van der Waals surface area contributed by atoms with Crippen molar-refractivity contribution >= 4 is 11.9 Å². The van der Waals surface area contributed by atoms with Crippen molar-refractivity contribution in [1.29, 1.82) is 0 Å². The Balaban J connectivity index is 2.67. The second kappa shape index (κ2) is 5.07. The van der Waals surface area contributed by atoms with Crippen molar-refractivity contribution in [2.45, 2.75) is 34.6 Å². The highest BCUT2D eigenvalue weighted by Gasteiger charge is 2.40. The highest BCUT2D eigenvalue weighted by Crippen LogP contribution is 2.28. The van der Waals surface area contributed by atoms with Gasteiger partial charge in [-0.3, -0.25) is 9.59 Å². The summed E-state index contributed by atoms with van der Waals surface area (Å²) in [6.45, 7) is 11.0. The maximum atomic E-state index is 12.1. The predicted octanol–water partition coefficient (Wildman–Crippen LogP) is 1.69. The quantitative estimate of drug-likeness (QED) is 0.691. The molecule has 0 radical (unpaired) electrons. The fraction of sp³-hybridized carbons (Fsp3) is 0.846. The van der Waals surface area contributed by atoms with Crippen molar-refractivity contribution in [3.63, 3.8) is 0 Å². The first-order chi connectivity index (χ1) is 7.77. The van der Waals surface area contributed by atoms with Crippen molar-refractivity contribution in [1.82, 2.24) is 4.90 Å². The minimum Gasteiger partial charge on any atom is -0.466 e. The SMILES string of the molecule is CCOC(=O)C1CN(C(=O)C(C)(C)C)CC1C. The van der Waals surface area contributed by atoms with E-state index in [1.807, 2.05) is 27.7 Å². The monoisotopic (exact) mass is 241 g/mol. The number of rotatable bonds is 2. The summed E-state index contributed by atoms with van der Waals surface area (Å²) < 4.78 is 5.03. The molecule has 2 atom stereocenters. The molecule has 1 saturated heterocycles. The smallest absolute Gasteiger partial charge is 0.311 e. The molecular formula is C13H23NO3. The number of carbonyl (C=O) groups excluding carboxylic acids is 2. The van der Waals surface area contributed by atoms with Gasteiger partial charge in [-0.2, -0.15) is 0 Å². The molecule has 4 nitrogen and oxygen atoms in total. The molecule has 1 heterocycles. The lowest BCUT2D eigenvalue weighted by atomic mass is 9.95. The van der Waals surface area contributed by atoms with Gasteiger partial charge in [-0.1, -0.05) is 27.7 Å². The first-order valence-electron chi connectivity index (χ1n) is 6.23. The van der Waals surface area contributed by atoms with Crippen LogP contribution in [0.15, 0.2) is 0 Å². The Bertz CT molecular complexity index is 306. The van der Waals surface area contributed by atoms with Crippen LogP contribution in [-0.2, 0) is 14.3 Å². The van der Waals surface area contributed by atoms with Crippen molar-refractivity contribution in [3.8, 4) is 0 Å². The number of nitrogens with zero attached hydrogens (tertiary/aromatic N) is 1. The number of hydrogen-bond donors (Lipinski definition) is 0. The zero-order chi connectivity index (χ0) is 13.2. The van der Waals surface area contributed by atoms with E-state index in [1.54, 1.807) is 11.8 Å². The molecule has 0 aromatic carbocycles. The Kier molecular flexibility index (Phi) is 4.17. The van der Waals surface area contributed by atoms with Crippen molar-refractivity contribution < 1.29 is 14.3 Å². The minimum absolute atomic E-state index is 0.108. The Hall–Kier alpha value is -1.06. The molecule has 0 saturated carbocycles. The van der Waals surface area contributed by atoms with Gasteiger partial charge in [-0.05, 0) is 12.8 Å². The third kappa shape index (κ3) is 3.20. The fourth-order valence-electron chi connectivity index (χ4n) is 2.16. The molecule has 2 unspecified atom stereocenters. The zero-order valence-electron chi connectivity index (χ0n) is 11.4. The van der Waals surface area contributed by atoms with Crippen LogP contribution in [0, 0.1) is 17.3 Å². The molecule has 98 valence electrons.